The van der Waals surface area contributed by atoms with Crippen molar-refractivity contribution >= 4 is 39.5 Å². The standard InChI is InChI=1S/C25H24N2O5/c1-30-23-12-19-18-10-6-7-11-21(18)32-22(19)13-20(23)26-24(28)15-27(16-25(29)31-2)14-17-8-4-3-5-9-17/h3-13H,14-16H2,1-2H3,(H,26,28). The number of ether oxygens (including phenoxy) is 2. The number of methoxy groups -OCH3 is 2. The van der Waals surface area contributed by atoms with Gasteiger partial charge in [-0.15, -0.1) is 0 Å². The Balaban J connectivity index is 1.55. The third kappa shape index (κ3) is 4.73. The number of nitrogens with one attached hydrogen (secondary N) is 1. The molecule has 164 valence electrons. The van der Waals surface area contributed by atoms with Crippen LogP contribution in [0.25, 0.3) is 21.9 Å². The van der Waals surface area contributed by atoms with Crippen LogP contribution >= 0.6 is 0 Å². The van der Waals surface area contributed by atoms with Crippen molar-refractivity contribution in [1.82, 2.24) is 4.90 Å². The summed E-state index contributed by atoms with van der Waals surface area (Å²) in [6.45, 7) is 0.437. The SMILES string of the molecule is COC(=O)CN(CC(=O)Nc1cc2oc3ccccc3c2cc1OC)Cc1ccccc1. The van der Waals surface area contributed by atoms with Crippen molar-refractivity contribution in [3.05, 3.63) is 72.3 Å². The molecular formula is C25H24N2O5. The number of furan rings is 1. The molecule has 0 radical (unpaired) electrons. The van der Waals surface area contributed by atoms with Gasteiger partial charge in [-0.1, -0.05) is 48.5 Å². The zero-order valence-corrected chi connectivity index (χ0v) is 18.0. The lowest BCUT2D eigenvalue weighted by Gasteiger charge is -2.21. The topological polar surface area (TPSA) is 81.0 Å². The van der Waals surface area contributed by atoms with Gasteiger partial charge in [0.25, 0.3) is 0 Å². The molecule has 0 aliphatic carbocycles. The summed E-state index contributed by atoms with van der Waals surface area (Å²) in [7, 11) is 2.88. The molecule has 1 heterocycles. The normalized spacial score (nSPS) is 11.1. The number of nitrogens with zero attached hydrogens (tertiary/aromatic N) is 1. The highest BCUT2D eigenvalue weighted by Gasteiger charge is 2.18. The first-order chi connectivity index (χ1) is 15.6. The number of carbonyl (C=O) groups excluding carboxylic acids is 2. The first-order valence-corrected chi connectivity index (χ1v) is 10.2. The smallest absolute Gasteiger partial charge is 0.319 e. The molecule has 1 aromatic heterocycles. The van der Waals surface area contributed by atoms with Gasteiger partial charge in [0.1, 0.15) is 16.9 Å². The predicted molar refractivity (Wildman–Crippen MR) is 123 cm³/mol. The average molecular weight is 432 g/mol. The van der Waals surface area contributed by atoms with Gasteiger partial charge in [-0.25, -0.2) is 0 Å². The number of rotatable bonds is 8. The van der Waals surface area contributed by atoms with E-state index >= 15 is 0 Å². The van der Waals surface area contributed by atoms with E-state index in [1.165, 1.54) is 7.11 Å². The minimum atomic E-state index is -0.407. The second-order valence-electron chi connectivity index (χ2n) is 7.40. The van der Waals surface area contributed by atoms with Gasteiger partial charge in [-0.3, -0.25) is 14.5 Å². The highest BCUT2D eigenvalue weighted by Crippen LogP contribution is 2.36. The summed E-state index contributed by atoms with van der Waals surface area (Å²) in [4.78, 5) is 26.4. The van der Waals surface area contributed by atoms with Crippen LogP contribution < -0.4 is 10.1 Å². The first-order valence-electron chi connectivity index (χ1n) is 10.2. The van der Waals surface area contributed by atoms with Crippen LogP contribution in [0.3, 0.4) is 0 Å². The molecule has 7 nitrogen and oxygen atoms in total. The number of hydrogen-bond acceptors (Lipinski definition) is 6. The lowest BCUT2D eigenvalue weighted by atomic mass is 10.1. The van der Waals surface area contributed by atoms with Gasteiger partial charge in [-0.2, -0.15) is 0 Å². The lowest BCUT2D eigenvalue weighted by molar-refractivity contribution is -0.142. The fourth-order valence-corrected chi connectivity index (χ4v) is 3.67. The minimum Gasteiger partial charge on any atom is -0.495 e. The molecule has 7 heteroatoms. The van der Waals surface area contributed by atoms with E-state index in [0.29, 0.717) is 23.6 Å². The molecular weight excluding hydrogens is 408 g/mol. The summed E-state index contributed by atoms with van der Waals surface area (Å²) in [5, 5.41) is 4.77. The van der Waals surface area contributed by atoms with Crippen LogP contribution in [-0.4, -0.2) is 44.1 Å². The van der Waals surface area contributed by atoms with Gasteiger partial charge < -0.3 is 19.2 Å². The molecule has 32 heavy (non-hydrogen) atoms. The van der Waals surface area contributed by atoms with E-state index in [-0.39, 0.29) is 19.0 Å². The van der Waals surface area contributed by atoms with E-state index in [9.17, 15) is 9.59 Å². The van der Waals surface area contributed by atoms with Crippen molar-refractivity contribution in [2.24, 2.45) is 0 Å². The molecule has 0 spiro atoms. The summed E-state index contributed by atoms with van der Waals surface area (Å²) in [5.74, 6) is -0.159. The maximum Gasteiger partial charge on any atom is 0.319 e. The molecule has 4 aromatic rings. The van der Waals surface area contributed by atoms with Gasteiger partial charge in [0.05, 0.1) is 33.0 Å². The van der Waals surface area contributed by atoms with Crippen LogP contribution in [0.2, 0.25) is 0 Å². The average Bonchev–Trinajstić information content (AvgIpc) is 3.16. The monoisotopic (exact) mass is 432 g/mol. The van der Waals surface area contributed by atoms with Crippen molar-refractivity contribution in [1.29, 1.82) is 0 Å². The van der Waals surface area contributed by atoms with Crippen molar-refractivity contribution in [2.75, 3.05) is 32.6 Å². The molecule has 3 aromatic carbocycles. The number of hydrogen-bond donors (Lipinski definition) is 1. The van der Waals surface area contributed by atoms with Gasteiger partial charge in [0, 0.05) is 23.4 Å². The summed E-state index contributed by atoms with van der Waals surface area (Å²) >= 11 is 0. The molecule has 0 aliphatic rings. The Morgan fingerprint density at radius 1 is 0.906 bits per heavy atom. The highest BCUT2D eigenvalue weighted by atomic mass is 16.5. The Bertz CT molecular complexity index is 1250. The Labute approximate surface area is 185 Å². The Morgan fingerprint density at radius 2 is 1.66 bits per heavy atom. The van der Waals surface area contributed by atoms with Crippen LogP contribution in [0, 0.1) is 0 Å². The van der Waals surface area contributed by atoms with E-state index in [2.05, 4.69) is 5.32 Å². The second-order valence-corrected chi connectivity index (χ2v) is 7.40. The van der Waals surface area contributed by atoms with E-state index in [0.717, 1.165) is 21.9 Å². The van der Waals surface area contributed by atoms with Gasteiger partial charge in [0.15, 0.2) is 0 Å². The molecule has 0 saturated carbocycles. The van der Waals surface area contributed by atoms with E-state index in [1.54, 1.807) is 18.1 Å². The molecule has 0 unspecified atom stereocenters. The Morgan fingerprint density at radius 3 is 2.41 bits per heavy atom. The van der Waals surface area contributed by atoms with E-state index < -0.39 is 5.97 Å². The van der Waals surface area contributed by atoms with E-state index in [4.69, 9.17) is 13.9 Å². The molecule has 1 N–H and O–H groups in total. The fraction of sp³-hybridized carbons (Fsp3) is 0.200. The Kier molecular flexibility index (Phi) is 6.37. The van der Waals surface area contributed by atoms with Crippen LogP contribution in [-0.2, 0) is 20.9 Å². The summed E-state index contributed by atoms with van der Waals surface area (Å²) in [6, 6.07) is 21.0. The molecule has 0 bridgehead atoms. The molecule has 1 amide bonds. The van der Waals surface area contributed by atoms with Crippen LogP contribution in [0.5, 0.6) is 5.75 Å². The quantitative estimate of drug-likeness (QED) is 0.420. The largest absolute Gasteiger partial charge is 0.495 e. The van der Waals surface area contributed by atoms with E-state index in [1.807, 2.05) is 60.7 Å². The zero-order chi connectivity index (χ0) is 22.5. The third-order valence-corrected chi connectivity index (χ3v) is 5.17. The second kappa shape index (κ2) is 9.53. The zero-order valence-electron chi connectivity index (χ0n) is 18.0. The van der Waals surface area contributed by atoms with Crippen molar-refractivity contribution < 1.29 is 23.5 Å². The summed E-state index contributed by atoms with van der Waals surface area (Å²) in [5.41, 5.74) is 2.91. The molecule has 0 atom stereocenters. The predicted octanol–water partition coefficient (Wildman–Crippen LogP) is 4.21. The first kappa shape index (κ1) is 21.4. The Hall–Kier alpha value is -3.84. The van der Waals surface area contributed by atoms with Crippen LogP contribution in [0.1, 0.15) is 5.56 Å². The maximum absolute atomic E-state index is 12.9. The molecule has 4 rings (SSSR count). The van der Waals surface area contributed by atoms with Crippen LogP contribution in [0.15, 0.2) is 71.1 Å². The number of anilines is 1. The summed E-state index contributed by atoms with van der Waals surface area (Å²) in [6.07, 6.45) is 0. The van der Waals surface area contributed by atoms with Crippen molar-refractivity contribution in [3.63, 3.8) is 0 Å². The number of benzene rings is 3. The fourth-order valence-electron chi connectivity index (χ4n) is 3.67. The number of fused-ring (bicyclic) bond motifs is 3. The summed E-state index contributed by atoms with van der Waals surface area (Å²) < 4.78 is 16.2. The number of carbonyl (C=O) groups is 2. The van der Waals surface area contributed by atoms with Gasteiger partial charge >= 0.3 is 5.97 Å². The van der Waals surface area contributed by atoms with Crippen molar-refractivity contribution in [2.45, 2.75) is 6.54 Å². The number of esters is 1. The highest BCUT2D eigenvalue weighted by molar-refractivity contribution is 6.07. The van der Waals surface area contributed by atoms with Gasteiger partial charge in [-0.05, 0) is 17.7 Å². The van der Waals surface area contributed by atoms with Crippen molar-refractivity contribution in [3.8, 4) is 5.75 Å². The third-order valence-electron chi connectivity index (χ3n) is 5.17. The number of amides is 1. The molecule has 0 aliphatic heterocycles. The van der Waals surface area contributed by atoms with Crippen LogP contribution in [0.4, 0.5) is 5.69 Å². The molecule has 0 saturated heterocycles. The lowest BCUT2D eigenvalue weighted by Crippen LogP contribution is -2.37. The number of para-hydroxylation sites is 1. The van der Waals surface area contributed by atoms with Gasteiger partial charge in [0.2, 0.25) is 5.91 Å². The molecule has 0 fully saturated rings. The maximum atomic E-state index is 12.9. The minimum absolute atomic E-state index is 0.00143.